The second-order valence-electron chi connectivity index (χ2n) is 10.6. The van der Waals surface area contributed by atoms with Crippen molar-refractivity contribution in [3.05, 3.63) is 53.2 Å². The van der Waals surface area contributed by atoms with E-state index in [4.69, 9.17) is 9.72 Å². The van der Waals surface area contributed by atoms with Crippen molar-refractivity contribution < 1.29 is 14.6 Å². The predicted molar refractivity (Wildman–Crippen MR) is 139 cm³/mol. The molecule has 0 spiro atoms. The second kappa shape index (κ2) is 11.4. The van der Waals surface area contributed by atoms with E-state index in [0.717, 1.165) is 64.3 Å². The third kappa shape index (κ3) is 6.16. The molecule has 35 heavy (non-hydrogen) atoms. The summed E-state index contributed by atoms with van der Waals surface area (Å²) in [7, 11) is 0. The Morgan fingerprint density at radius 1 is 1.14 bits per heavy atom. The molecule has 1 unspecified atom stereocenters. The number of carboxylic acid groups (broad SMARTS) is 1. The van der Waals surface area contributed by atoms with Crippen LogP contribution < -0.4 is 10.2 Å². The van der Waals surface area contributed by atoms with Crippen LogP contribution in [0, 0.1) is 11.8 Å². The monoisotopic (exact) mass is 477 g/mol. The molecule has 1 aromatic carbocycles. The Labute approximate surface area is 209 Å². The van der Waals surface area contributed by atoms with Gasteiger partial charge in [-0.2, -0.15) is 0 Å². The molecule has 5 rings (SSSR count). The van der Waals surface area contributed by atoms with Crippen molar-refractivity contribution in [2.24, 2.45) is 11.8 Å². The Bertz CT molecular complexity index is 996. The molecule has 2 fully saturated rings. The van der Waals surface area contributed by atoms with E-state index in [9.17, 15) is 9.90 Å². The molecule has 2 aromatic rings. The van der Waals surface area contributed by atoms with E-state index < -0.39 is 5.97 Å². The zero-order valence-corrected chi connectivity index (χ0v) is 20.8. The topological polar surface area (TPSA) is 74.7 Å². The van der Waals surface area contributed by atoms with Gasteiger partial charge in [-0.3, -0.25) is 4.79 Å². The number of pyridine rings is 1. The fourth-order valence-corrected chi connectivity index (χ4v) is 6.26. The van der Waals surface area contributed by atoms with Crippen molar-refractivity contribution in [3.8, 4) is 0 Å². The van der Waals surface area contributed by atoms with Gasteiger partial charge in [0, 0.05) is 31.0 Å². The van der Waals surface area contributed by atoms with Crippen molar-refractivity contribution in [2.75, 3.05) is 43.1 Å². The molecule has 0 bridgehead atoms. The van der Waals surface area contributed by atoms with Crippen LogP contribution in [-0.4, -0.2) is 48.9 Å². The van der Waals surface area contributed by atoms with E-state index in [0.29, 0.717) is 11.8 Å². The van der Waals surface area contributed by atoms with Gasteiger partial charge in [0.2, 0.25) is 0 Å². The van der Waals surface area contributed by atoms with Crippen LogP contribution in [-0.2, 0) is 22.4 Å². The number of rotatable bonds is 8. The maximum atomic E-state index is 11.8. The van der Waals surface area contributed by atoms with Crippen LogP contribution in [0.5, 0.6) is 0 Å². The minimum Gasteiger partial charge on any atom is -0.481 e. The van der Waals surface area contributed by atoms with Crippen molar-refractivity contribution in [1.82, 2.24) is 4.98 Å². The molecule has 3 aliphatic rings. The number of nitrogens with zero attached hydrogens (tertiary/aromatic N) is 2. The first-order valence-corrected chi connectivity index (χ1v) is 13.5. The van der Waals surface area contributed by atoms with Gasteiger partial charge in [-0.1, -0.05) is 31.0 Å². The molecule has 6 heteroatoms. The number of nitrogens with one attached hydrogen (secondary N) is 1. The van der Waals surface area contributed by atoms with E-state index in [1.165, 1.54) is 48.2 Å². The lowest BCUT2D eigenvalue weighted by molar-refractivity contribution is -0.137. The summed E-state index contributed by atoms with van der Waals surface area (Å²) in [6.45, 7) is 4.33. The maximum Gasteiger partial charge on any atom is 0.303 e. The van der Waals surface area contributed by atoms with Crippen LogP contribution in [0.4, 0.5) is 11.5 Å². The highest BCUT2D eigenvalue weighted by molar-refractivity contribution is 5.68. The summed E-state index contributed by atoms with van der Waals surface area (Å²) in [6, 6.07) is 13.1. The summed E-state index contributed by atoms with van der Waals surface area (Å²) < 4.78 is 5.50. The van der Waals surface area contributed by atoms with Gasteiger partial charge < -0.3 is 20.1 Å². The van der Waals surface area contributed by atoms with Gasteiger partial charge in [0.25, 0.3) is 0 Å². The van der Waals surface area contributed by atoms with Crippen LogP contribution >= 0.6 is 0 Å². The largest absolute Gasteiger partial charge is 0.481 e. The molecule has 1 aliphatic carbocycles. The average Bonchev–Trinajstić information content (AvgIpc) is 2.91. The molecule has 1 aromatic heterocycles. The highest BCUT2D eigenvalue weighted by atomic mass is 16.5. The van der Waals surface area contributed by atoms with E-state index in [-0.39, 0.29) is 12.3 Å². The van der Waals surface area contributed by atoms with Gasteiger partial charge in [0.1, 0.15) is 5.82 Å². The molecule has 0 radical (unpaired) electrons. The van der Waals surface area contributed by atoms with Gasteiger partial charge in [-0.25, -0.2) is 4.98 Å². The number of hydrogen-bond acceptors (Lipinski definition) is 5. The quantitative estimate of drug-likeness (QED) is 0.539. The van der Waals surface area contributed by atoms with Gasteiger partial charge in [-0.05, 0) is 85.6 Å². The molecule has 1 atom stereocenters. The van der Waals surface area contributed by atoms with E-state index >= 15 is 0 Å². The summed E-state index contributed by atoms with van der Waals surface area (Å²) in [6.07, 6.45) is 9.35. The number of hydrogen-bond donors (Lipinski definition) is 2. The number of anilines is 2. The van der Waals surface area contributed by atoms with Crippen LogP contribution in [0.15, 0.2) is 36.4 Å². The van der Waals surface area contributed by atoms with E-state index in [2.05, 4.69) is 46.6 Å². The first-order valence-electron chi connectivity index (χ1n) is 13.5. The zero-order chi connectivity index (χ0) is 24.0. The number of aryl methyl sites for hydroxylation is 2. The second-order valence-corrected chi connectivity index (χ2v) is 10.6. The van der Waals surface area contributed by atoms with E-state index in [1.807, 2.05) is 0 Å². The Hall–Kier alpha value is -2.60. The summed E-state index contributed by atoms with van der Waals surface area (Å²) in [5, 5.41) is 13.1. The molecule has 1 saturated heterocycles. The molecular weight excluding hydrogens is 438 g/mol. The lowest BCUT2D eigenvalue weighted by Gasteiger charge is -2.35. The minimum absolute atomic E-state index is 0.0860. The Kier molecular flexibility index (Phi) is 7.87. The standard InChI is InChI=1S/C29H39N3O3/c33-28(34)20-27(24-3-1-5-26(19-24)32-15-17-35-18-16-32)22-9-6-21(7-10-22)8-12-25-13-11-23-4-2-14-30-29(23)31-25/h1,3,5,11,13,19,21-22,27H,2,4,6-10,12,14-18,20H2,(H,30,31)(H,33,34). The number of carbonyl (C=O) groups is 1. The lowest BCUT2D eigenvalue weighted by atomic mass is 9.71. The smallest absolute Gasteiger partial charge is 0.303 e. The highest BCUT2D eigenvalue weighted by Gasteiger charge is 2.30. The average molecular weight is 478 g/mol. The number of carboxylic acids is 1. The highest BCUT2D eigenvalue weighted by Crippen LogP contribution is 2.42. The fourth-order valence-electron chi connectivity index (χ4n) is 6.26. The molecule has 1 saturated carbocycles. The summed E-state index contributed by atoms with van der Waals surface area (Å²) in [4.78, 5) is 19.0. The van der Waals surface area contributed by atoms with Crippen molar-refractivity contribution in [1.29, 1.82) is 0 Å². The van der Waals surface area contributed by atoms with E-state index in [1.54, 1.807) is 0 Å². The lowest BCUT2D eigenvalue weighted by Crippen LogP contribution is -2.36. The fraction of sp³-hybridized carbons (Fsp3) is 0.586. The third-order valence-electron chi connectivity index (χ3n) is 8.29. The van der Waals surface area contributed by atoms with Crippen LogP contribution in [0.2, 0.25) is 0 Å². The Morgan fingerprint density at radius 2 is 1.97 bits per heavy atom. The van der Waals surface area contributed by atoms with Crippen molar-refractivity contribution in [2.45, 2.75) is 63.7 Å². The maximum absolute atomic E-state index is 11.8. The SMILES string of the molecule is O=C(O)CC(c1cccc(N2CCOCC2)c1)C1CCC(CCc2ccc3c(n2)NCCC3)CC1. The van der Waals surface area contributed by atoms with Gasteiger partial charge in [-0.15, -0.1) is 0 Å². The summed E-state index contributed by atoms with van der Waals surface area (Å²) >= 11 is 0. The van der Waals surface area contributed by atoms with Gasteiger partial charge in [0.05, 0.1) is 19.6 Å². The number of ether oxygens (including phenoxy) is 1. The zero-order valence-electron chi connectivity index (χ0n) is 20.8. The van der Waals surface area contributed by atoms with Crippen molar-refractivity contribution in [3.63, 3.8) is 0 Å². The molecule has 3 heterocycles. The first kappa shape index (κ1) is 24.1. The Morgan fingerprint density at radius 3 is 2.77 bits per heavy atom. The molecule has 0 amide bonds. The van der Waals surface area contributed by atoms with Crippen LogP contribution in [0.25, 0.3) is 0 Å². The number of morpholine rings is 1. The summed E-state index contributed by atoms with van der Waals surface area (Å²) in [5.74, 6) is 1.63. The molecule has 2 aliphatic heterocycles. The molecule has 188 valence electrons. The van der Waals surface area contributed by atoms with Crippen LogP contribution in [0.3, 0.4) is 0 Å². The van der Waals surface area contributed by atoms with Gasteiger partial charge >= 0.3 is 5.97 Å². The number of aromatic nitrogens is 1. The predicted octanol–water partition coefficient (Wildman–Crippen LogP) is 5.27. The normalized spacial score (nSPS) is 23.3. The summed E-state index contributed by atoms with van der Waals surface area (Å²) in [5.41, 5.74) is 4.93. The molecule has 6 nitrogen and oxygen atoms in total. The first-order chi connectivity index (χ1) is 17.2. The number of benzene rings is 1. The van der Waals surface area contributed by atoms with Crippen LogP contribution in [0.1, 0.15) is 67.7 Å². The minimum atomic E-state index is -0.694. The number of aliphatic carboxylic acids is 1. The Balaban J connectivity index is 1.19. The number of fused-ring (bicyclic) bond motifs is 1. The van der Waals surface area contributed by atoms with Gasteiger partial charge in [0.15, 0.2) is 0 Å². The van der Waals surface area contributed by atoms with Crippen molar-refractivity contribution >= 4 is 17.5 Å². The third-order valence-corrected chi connectivity index (χ3v) is 8.29. The molecular formula is C29H39N3O3. The molecule has 2 N–H and O–H groups in total.